The fourth-order valence-electron chi connectivity index (χ4n) is 10.8. The van der Waals surface area contributed by atoms with Crippen molar-refractivity contribution in [3.63, 3.8) is 0 Å². The zero-order chi connectivity index (χ0) is 38.0. The number of aromatic nitrogens is 3. The molecule has 0 aliphatic carbocycles. The molecule has 0 saturated carbocycles. The number of hydrogen-bond acceptors (Lipinski definition) is 0. The van der Waals surface area contributed by atoms with Crippen molar-refractivity contribution in [2.45, 2.75) is 6.92 Å². The molecule has 0 radical (unpaired) electrons. The van der Waals surface area contributed by atoms with E-state index in [4.69, 9.17) is 0 Å². The van der Waals surface area contributed by atoms with Crippen LogP contribution < -0.4 is 0 Å². The van der Waals surface area contributed by atoms with Gasteiger partial charge in [-0.3, -0.25) is 0 Å². The second-order valence-corrected chi connectivity index (χ2v) is 16.2. The van der Waals surface area contributed by atoms with Crippen molar-refractivity contribution in [2.24, 2.45) is 0 Å². The molecule has 0 amide bonds. The van der Waals surface area contributed by atoms with Gasteiger partial charge in [0.1, 0.15) is 0 Å². The van der Waals surface area contributed by atoms with Gasteiger partial charge in [-0.25, -0.2) is 0 Å². The van der Waals surface area contributed by atoms with Crippen LogP contribution in [0.5, 0.6) is 0 Å². The highest BCUT2D eigenvalue weighted by molar-refractivity contribution is 6.25. The largest absolute Gasteiger partial charge is 0.308 e. The molecule has 0 spiro atoms. The fraction of sp³-hybridized carbons (Fsp3) is 0.0182. The van der Waals surface area contributed by atoms with E-state index < -0.39 is 0 Å². The minimum absolute atomic E-state index is 0.993. The molecule has 6 heterocycles. The van der Waals surface area contributed by atoms with Gasteiger partial charge < -0.3 is 13.2 Å². The van der Waals surface area contributed by atoms with E-state index >= 15 is 0 Å². The fourth-order valence-corrected chi connectivity index (χ4v) is 10.8. The number of aryl methyl sites for hydroxylation is 1. The average molecular weight is 736 g/mol. The van der Waals surface area contributed by atoms with Crippen LogP contribution in [0.4, 0.5) is 0 Å². The second kappa shape index (κ2) is 10.6. The Morgan fingerprint density at radius 1 is 0.397 bits per heavy atom. The van der Waals surface area contributed by atoms with Gasteiger partial charge >= 0.3 is 0 Å². The minimum Gasteiger partial charge on any atom is -0.308 e. The molecule has 8 aromatic carbocycles. The van der Waals surface area contributed by atoms with E-state index in [9.17, 15) is 0 Å². The van der Waals surface area contributed by atoms with Gasteiger partial charge in [-0.15, -0.1) is 0 Å². The maximum Gasteiger partial charge on any atom is 0.0620 e. The van der Waals surface area contributed by atoms with Crippen molar-refractivity contribution >= 4 is 115 Å². The monoisotopic (exact) mass is 735 g/mol. The lowest BCUT2D eigenvalue weighted by atomic mass is 9.97. The molecule has 0 fully saturated rings. The maximum absolute atomic E-state index is 4.62. The zero-order valence-corrected chi connectivity index (χ0v) is 31.7. The Morgan fingerprint density at radius 3 is 1.48 bits per heavy atom. The molecule has 58 heavy (non-hydrogen) atoms. The molecule has 14 rings (SSSR count). The van der Waals surface area contributed by atoms with E-state index in [2.05, 4.69) is 197 Å². The standard InChI is InChI=1S/C55H33N3/c1-31(33-22-25-51-44(27-33)41-16-9-14-39-36-11-3-6-18-48(36)57(51)53(39)41)21-24-47-32(2)43-29-35(30-46-38-13-5-8-20-50(38)56(47)55(43)46)34-23-26-52-45(28-34)42-17-10-15-40-37-12-4-7-19-49(37)58(52)54(40)42/h3-30H,1H2,2H3/b24-21-. The summed E-state index contributed by atoms with van der Waals surface area (Å²) in [5, 5.41) is 14.2. The third-order valence-corrected chi connectivity index (χ3v) is 13.4. The number of nitrogens with zero attached hydrogens (tertiary/aromatic N) is 3. The van der Waals surface area contributed by atoms with Crippen LogP contribution in [0.1, 0.15) is 16.8 Å². The smallest absolute Gasteiger partial charge is 0.0620 e. The van der Waals surface area contributed by atoms with Gasteiger partial charge in [0.05, 0.1) is 44.1 Å². The molecule has 3 heteroatoms. The Kier molecular flexibility index (Phi) is 5.59. The summed E-state index contributed by atoms with van der Waals surface area (Å²) in [4.78, 5) is 0. The molecule has 0 unspecified atom stereocenters. The molecule has 0 N–H and O–H groups in total. The van der Waals surface area contributed by atoms with Crippen LogP contribution in [-0.2, 0) is 0 Å². The summed E-state index contributed by atoms with van der Waals surface area (Å²) >= 11 is 0. The lowest BCUT2D eigenvalue weighted by Crippen LogP contribution is -1.87. The number of benzene rings is 8. The summed E-state index contributed by atoms with van der Waals surface area (Å²) in [5.74, 6) is 0. The van der Waals surface area contributed by atoms with Crippen molar-refractivity contribution in [2.75, 3.05) is 0 Å². The second-order valence-electron chi connectivity index (χ2n) is 16.2. The van der Waals surface area contributed by atoms with E-state index in [0.29, 0.717) is 0 Å². The van der Waals surface area contributed by atoms with Gasteiger partial charge in [-0.05, 0) is 95.4 Å². The van der Waals surface area contributed by atoms with E-state index in [-0.39, 0.29) is 0 Å². The zero-order valence-electron chi connectivity index (χ0n) is 31.7. The maximum atomic E-state index is 4.62. The number of allylic oxidation sites excluding steroid dienone is 2. The van der Waals surface area contributed by atoms with Crippen LogP contribution in [0.2, 0.25) is 0 Å². The van der Waals surface area contributed by atoms with E-state index in [1.165, 1.54) is 126 Å². The first-order chi connectivity index (χ1) is 28.6. The molecule has 0 bridgehead atoms. The number of rotatable bonds is 4. The van der Waals surface area contributed by atoms with Crippen LogP contribution >= 0.6 is 0 Å². The van der Waals surface area contributed by atoms with Crippen molar-refractivity contribution in [3.05, 3.63) is 187 Å². The first-order valence-electron chi connectivity index (χ1n) is 20.1. The van der Waals surface area contributed by atoms with E-state index in [1.807, 2.05) is 0 Å². The molecule has 6 aromatic heterocycles. The summed E-state index contributed by atoms with van der Waals surface area (Å²) in [7, 11) is 0. The van der Waals surface area contributed by atoms with Crippen LogP contribution in [0, 0.1) is 6.92 Å². The molecule has 0 saturated heterocycles. The van der Waals surface area contributed by atoms with Gasteiger partial charge in [0.2, 0.25) is 0 Å². The first kappa shape index (κ1) is 30.6. The minimum atomic E-state index is 0.993. The Morgan fingerprint density at radius 2 is 0.845 bits per heavy atom. The molecule has 0 aliphatic rings. The van der Waals surface area contributed by atoms with Crippen LogP contribution in [0.25, 0.3) is 126 Å². The molecular weight excluding hydrogens is 703 g/mol. The van der Waals surface area contributed by atoms with Crippen molar-refractivity contribution in [3.8, 4) is 11.1 Å². The van der Waals surface area contributed by atoms with E-state index in [1.54, 1.807) is 0 Å². The molecule has 0 atom stereocenters. The third kappa shape index (κ3) is 3.65. The summed E-state index contributed by atoms with van der Waals surface area (Å²) in [6.07, 6.45) is 4.49. The first-order valence-corrected chi connectivity index (χ1v) is 20.1. The highest BCUT2D eigenvalue weighted by Crippen LogP contribution is 2.44. The average Bonchev–Trinajstić information content (AvgIpc) is 4.10. The van der Waals surface area contributed by atoms with Gasteiger partial charge in [0.25, 0.3) is 0 Å². The topological polar surface area (TPSA) is 13.2 Å². The van der Waals surface area contributed by atoms with Crippen molar-refractivity contribution < 1.29 is 0 Å². The Balaban J connectivity index is 0.917. The van der Waals surface area contributed by atoms with Crippen LogP contribution in [0.15, 0.2) is 170 Å². The van der Waals surface area contributed by atoms with Crippen molar-refractivity contribution in [1.82, 2.24) is 13.2 Å². The van der Waals surface area contributed by atoms with E-state index in [0.717, 1.165) is 11.1 Å². The molecular formula is C55H33N3. The predicted octanol–water partition coefficient (Wildman–Crippen LogP) is 14.7. The SMILES string of the molecule is C=C(/C=C\c1c(C)c2cc(-c3ccc4c(c3)c3cccc5c6ccccc6n4c53)cc3c4ccccc4n1c23)c1ccc2c(c1)c1cccc3c4ccccc4n2c31. The lowest BCUT2D eigenvalue weighted by molar-refractivity contribution is 1.25. The Bertz CT molecular complexity index is 4110. The number of para-hydroxylation sites is 5. The third-order valence-electron chi connectivity index (χ3n) is 13.4. The highest BCUT2D eigenvalue weighted by atomic mass is 14.9. The molecule has 268 valence electrons. The number of fused-ring (bicyclic) bond motifs is 15. The van der Waals surface area contributed by atoms with Gasteiger partial charge in [-0.2, -0.15) is 0 Å². The Hall–Kier alpha value is -7.62. The summed E-state index contributed by atoms with van der Waals surface area (Å²) in [6, 6.07) is 58.5. The van der Waals surface area contributed by atoms with Crippen LogP contribution in [0.3, 0.4) is 0 Å². The molecule has 14 aromatic rings. The highest BCUT2D eigenvalue weighted by Gasteiger charge is 2.22. The van der Waals surface area contributed by atoms with Gasteiger partial charge in [0, 0.05) is 64.9 Å². The summed E-state index contributed by atoms with van der Waals surface area (Å²) in [5.41, 5.74) is 17.2. The van der Waals surface area contributed by atoms with Crippen LogP contribution in [-0.4, -0.2) is 13.2 Å². The normalized spacial score (nSPS) is 12.9. The van der Waals surface area contributed by atoms with Gasteiger partial charge in [-0.1, -0.05) is 116 Å². The van der Waals surface area contributed by atoms with Crippen molar-refractivity contribution in [1.29, 1.82) is 0 Å². The Labute approximate surface area is 332 Å². The predicted molar refractivity (Wildman–Crippen MR) is 248 cm³/mol. The lowest BCUT2D eigenvalue weighted by Gasteiger charge is -2.06. The summed E-state index contributed by atoms with van der Waals surface area (Å²) in [6.45, 7) is 6.89. The number of hydrogen-bond donors (Lipinski definition) is 0. The molecule has 0 aliphatic heterocycles. The molecule has 3 nitrogen and oxygen atoms in total. The quantitative estimate of drug-likeness (QED) is 0.160. The summed E-state index contributed by atoms with van der Waals surface area (Å²) < 4.78 is 7.35. The van der Waals surface area contributed by atoms with Gasteiger partial charge in [0.15, 0.2) is 0 Å².